The van der Waals surface area contributed by atoms with E-state index in [9.17, 15) is 14.4 Å². The number of fused-ring (bicyclic) bond motifs is 1. The van der Waals surface area contributed by atoms with Gasteiger partial charge in [0.05, 0.1) is 11.0 Å². The van der Waals surface area contributed by atoms with Gasteiger partial charge in [0.15, 0.2) is 0 Å². The Morgan fingerprint density at radius 2 is 1.83 bits per heavy atom. The first kappa shape index (κ1) is 20.2. The molecule has 3 saturated heterocycles. The Morgan fingerprint density at radius 1 is 1.10 bits per heavy atom. The molecule has 0 aromatic carbocycles. The van der Waals surface area contributed by atoms with Gasteiger partial charge in [0, 0.05) is 64.2 Å². The first-order chi connectivity index (χ1) is 13.8. The van der Waals surface area contributed by atoms with Crippen LogP contribution in [0.15, 0.2) is 16.8 Å². The van der Waals surface area contributed by atoms with Gasteiger partial charge in [-0.3, -0.25) is 9.59 Å². The van der Waals surface area contributed by atoms with Crippen molar-refractivity contribution in [2.45, 2.75) is 26.2 Å². The molecule has 2 spiro atoms. The predicted octanol–water partition coefficient (Wildman–Crippen LogP) is 2.21. The van der Waals surface area contributed by atoms with Crippen molar-refractivity contribution < 1.29 is 14.4 Å². The molecule has 29 heavy (non-hydrogen) atoms. The van der Waals surface area contributed by atoms with Crippen molar-refractivity contribution in [3.63, 3.8) is 0 Å². The number of amides is 4. The van der Waals surface area contributed by atoms with Crippen LogP contribution in [0.3, 0.4) is 0 Å². The van der Waals surface area contributed by atoms with E-state index in [0.29, 0.717) is 32.7 Å². The molecule has 0 bridgehead atoms. The lowest BCUT2D eigenvalue weighted by molar-refractivity contribution is -0.141. The minimum Gasteiger partial charge on any atom is -0.342 e. The average Bonchev–Trinajstić information content (AvgIpc) is 3.42. The molecule has 1 aromatic heterocycles. The van der Waals surface area contributed by atoms with Crippen LogP contribution in [0.1, 0.15) is 36.5 Å². The van der Waals surface area contributed by atoms with Gasteiger partial charge in [-0.2, -0.15) is 11.3 Å². The van der Waals surface area contributed by atoms with Gasteiger partial charge >= 0.3 is 6.03 Å². The maximum Gasteiger partial charge on any atom is 0.319 e. The summed E-state index contributed by atoms with van der Waals surface area (Å²) in [6.45, 7) is 5.87. The van der Waals surface area contributed by atoms with Crippen LogP contribution in [0, 0.1) is 10.8 Å². The fraction of sp³-hybridized carbons (Fsp3) is 0.667. The van der Waals surface area contributed by atoms with Gasteiger partial charge in [-0.25, -0.2) is 4.79 Å². The van der Waals surface area contributed by atoms with E-state index >= 15 is 0 Å². The molecule has 1 atom stereocenters. The van der Waals surface area contributed by atoms with Crippen molar-refractivity contribution in [3.8, 4) is 0 Å². The summed E-state index contributed by atoms with van der Waals surface area (Å²) in [6, 6.07) is 1.84. The van der Waals surface area contributed by atoms with Crippen molar-refractivity contribution in [2.24, 2.45) is 10.8 Å². The van der Waals surface area contributed by atoms with Crippen LogP contribution in [0.4, 0.5) is 4.79 Å². The van der Waals surface area contributed by atoms with Gasteiger partial charge in [0.25, 0.3) is 5.91 Å². The zero-order valence-corrected chi connectivity index (χ0v) is 18.3. The molecule has 3 aliphatic heterocycles. The monoisotopic (exact) mass is 418 g/mol. The molecular formula is C21H30N4O3S. The number of piperidine rings is 1. The molecule has 0 radical (unpaired) electrons. The third-order valence-electron chi connectivity index (χ3n) is 7.29. The van der Waals surface area contributed by atoms with Crippen molar-refractivity contribution >= 4 is 29.2 Å². The number of urea groups is 1. The van der Waals surface area contributed by atoms with Crippen LogP contribution < -0.4 is 0 Å². The van der Waals surface area contributed by atoms with Crippen molar-refractivity contribution in [1.29, 1.82) is 0 Å². The molecule has 3 aliphatic rings. The van der Waals surface area contributed by atoms with Gasteiger partial charge in [-0.1, -0.05) is 0 Å². The fourth-order valence-electron chi connectivity index (χ4n) is 5.60. The second-order valence-corrected chi connectivity index (χ2v) is 9.61. The van der Waals surface area contributed by atoms with Gasteiger partial charge in [0.1, 0.15) is 0 Å². The Morgan fingerprint density at radius 3 is 2.38 bits per heavy atom. The highest BCUT2D eigenvalue weighted by Gasteiger charge is 2.66. The number of hydrogen-bond acceptors (Lipinski definition) is 4. The Bertz CT molecular complexity index is 801. The second-order valence-electron chi connectivity index (χ2n) is 8.83. The first-order valence-corrected chi connectivity index (χ1v) is 11.3. The van der Waals surface area contributed by atoms with Crippen LogP contribution in [0.5, 0.6) is 0 Å². The molecule has 158 valence electrons. The molecule has 4 amide bonds. The van der Waals surface area contributed by atoms with Crippen LogP contribution in [0.25, 0.3) is 0 Å². The molecule has 7 nitrogen and oxygen atoms in total. The van der Waals surface area contributed by atoms with Crippen LogP contribution in [-0.4, -0.2) is 90.8 Å². The molecule has 4 rings (SSSR count). The molecule has 1 aromatic rings. The summed E-state index contributed by atoms with van der Waals surface area (Å²) in [5, 5.41) is 3.81. The molecule has 0 N–H and O–H groups in total. The zero-order chi connectivity index (χ0) is 20.8. The summed E-state index contributed by atoms with van der Waals surface area (Å²) in [7, 11) is 3.52. The number of carbonyl (C=O) groups excluding carboxylic acids is 3. The van der Waals surface area contributed by atoms with Gasteiger partial charge in [-0.05, 0) is 37.6 Å². The van der Waals surface area contributed by atoms with E-state index in [1.54, 1.807) is 19.0 Å². The summed E-state index contributed by atoms with van der Waals surface area (Å²) in [5.41, 5.74) is -0.0114. The SMILES string of the molecule is CCN1CC[C@]2(CN(C(=O)N(C)C)CC23CCN(C(=O)c2ccsc2)CC3)C1=O. The third kappa shape index (κ3) is 3.03. The van der Waals surface area contributed by atoms with Crippen molar-refractivity contribution in [3.05, 3.63) is 22.4 Å². The van der Waals surface area contributed by atoms with Crippen molar-refractivity contribution in [1.82, 2.24) is 19.6 Å². The number of rotatable bonds is 2. The average molecular weight is 419 g/mol. The van der Waals surface area contributed by atoms with E-state index in [-0.39, 0.29) is 23.3 Å². The smallest absolute Gasteiger partial charge is 0.319 e. The van der Waals surface area contributed by atoms with E-state index in [1.165, 1.54) is 11.3 Å². The molecule has 4 heterocycles. The van der Waals surface area contributed by atoms with E-state index in [4.69, 9.17) is 0 Å². The van der Waals surface area contributed by atoms with E-state index in [1.807, 2.05) is 38.4 Å². The summed E-state index contributed by atoms with van der Waals surface area (Å²) >= 11 is 1.53. The van der Waals surface area contributed by atoms with Crippen LogP contribution in [-0.2, 0) is 4.79 Å². The third-order valence-corrected chi connectivity index (χ3v) is 7.97. The molecule has 8 heteroatoms. The minimum absolute atomic E-state index is 0.0271. The summed E-state index contributed by atoms with van der Waals surface area (Å²) in [5.74, 6) is 0.272. The second kappa shape index (κ2) is 7.31. The van der Waals surface area contributed by atoms with Crippen LogP contribution in [0.2, 0.25) is 0 Å². The standard InChI is InChI=1S/C21H30N4O3S/c1-4-23-11-8-21(18(23)27)15-25(19(28)22(2)3)14-20(21)6-9-24(10-7-20)17(26)16-5-12-29-13-16/h5,12-13H,4,6-11,14-15H2,1-3H3/t21-/m0/s1. The molecule has 0 unspecified atom stereocenters. The van der Waals surface area contributed by atoms with Gasteiger partial charge in [0.2, 0.25) is 5.91 Å². The normalized spacial score (nSPS) is 26.0. The Hall–Kier alpha value is -2.09. The number of carbonyl (C=O) groups is 3. The molecule has 3 fully saturated rings. The maximum absolute atomic E-state index is 13.5. The highest BCUT2D eigenvalue weighted by Crippen LogP contribution is 2.58. The maximum atomic E-state index is 13.5. The zero-order valence-electron chi connectivity index (χ0n) is 17.5. The quantitative estimate of drug-likeness (QED) is 0.740. The predicted molar refractivity (Wildman–Crippen MR) is 112 cm³/mol. The Labute approximate surface area is 176 Å². The topological polar surface area (TPSA) is 64.2 Å². The Balaban J connectivity index is 1.59. The summed E-state index contributed by atoms with van der Waals surface area (Å²) < 4.78 is 0. The fourth-order valence-corrected chi connectivity index (χ4v) is 6.23. The minimum atomic E-state index is -0.508. The molecule has 0 aliphatic carbocycles. The number of thiophene rings is 1. The van der Waals surface area contributed by atoms with E-state index < -0.39 is 5.41 Å². The van der Waals surface area contributed by atoms with Gasteiger partial charge < -0.3 is 19.6 Å². The van der Waals surface area contributed by atoms with E-state index in [0.717, 1.165) is 31.4 Å². The Kier molecular flexibility index (Phi) is 5.09. The lowest BCUT2D eigenvalue weighted by Crippen LogP contribution is -2.53. The lowest BCUT2D eigenvalue weighted by Gasteiger charge is -2.46. The lowest BCUT2D eigenvalue weighted by atomic mass is 9.60. The molecule has 0 saturated carbocycles. The number of hydrogen-bond donors (Lipinski definition) is 0. The number of nitrogens with zero attached hydrogens (tertiary/aromatic N) is 4. The first-order valence-electron chi connectivity index (χ1n) is 10.4. The summed E-state index contributed by atoms with van der Waals surface area (Å²) in [6.07, 6.45) is 2.34. The molecular weight excluding hydrogens is 388 g/mol. The summed E-state index contributed by atoms with van der Waals surface area (Å²) in [4.78, 5) is 46.3. The number of likely N-dealkylation sites (tertiary alicyclic amines) is 3. The van der Waals surface area contributed by atoms with Crippen LogP contribution >= 0.6 is 11.3 Å². The highest BCUT2D eigenvalue weighted by molar-refractivity contribution is 7.08. The largest absolute Gasteiger partial charge is 0.342 e. The van der Waals surface area contributed by atoms with E-state index in [2.05, 4.69) is 0 Å². The highest BCUT2D eigenvalue weighted by atomic mass is 32.1. The van der Waals surface area contributed by atoms with Crippen molar-refractivity contribution in [2.75, 3.05) is 53.4 Å². The van der Waals surface area contributed by atoms with Gasteiger partial charge in [-0.15, -0.1) is 0 Å².